The van der Waals surface area contributed by atoms with Gasteiger partial charge in [0, 0.05) is 43.9 Å². The van der Waals surface area contributed by atoms with Crippen molar-refractivity contribution in [2.75, 3.05) is 37.7 Å². The number of alkyl halides is 1. The van der Waals surface area contributed by atoms with Gasteiger partial charge in [-0.25, -0.2) is 0 Å². The van der Waals surface area contributed by atoms with Crippen LogP contribution in [0.3, 0.4) is 0 Å². The number of allylic oxidation sites excluding steroid dienone is 1. The Bertz CT molecular complexity index is 2510. The molecule has 0 radical (unpaired) electrons. The Labute approximate surface area is 452 Å². The SMILES string of the molecule is COC[C@H]1CC[C@@H]2/C1=C\[C@]1(C)C(=C([C@H](C)COC(C)=O)C[C@@H]1O)[C@@H](OC1OC(COC(C)(C)/C=C/CCCc3ccc(Oc4ccc(N(Cc5ccccc5)C(=O)CCl)cc4)cc3)C(O)C(OC(C)=O)C1O)[C@H](O)[C@@H]2C. The van der Waals surface area contributed by atoms with Crippen LogP contribution in [0.2, 0.25) is 0 Å². The molecule has 4 N–H and O–H groups in total. The number of esters is 2. The summed E-state index contributed by atoms with van der Waals surface area (Å²) in [6, 6.07) is 25.0. The number of fused-ring (bicyclic) bond motifs is 2. The molecule has 7 rings (SSSR count). The number of hydrogen-bond acceptors (Lipinski definition) is 14. The average Bonchev–Trinajstić information content (AvgIpc) is 3.90. The number of rotatable bonds is 22. The molecule has 3 aromatic rings. The second kappa shape index (κ2) is 26.1. The number of benzene rings is 3. The normalized spacial score (nSPS) is 29.6. The number of anilines is 1. The highest BCUT2D eigenvalue weighted by atomic mass is 35.5. The third kappa shape index (κ3) is 14.2. The summed E-state index contributed by atoms with van der Waals surface area (Å²) in [6.45, 7) is 12.8. The molecule has 5 unspecified atom stereocenters. The maximum atomic E-state index is 12.7. The lowest BCUT2D eigenvalue weighted by Gasteiger charge is -2.47. The van der Waals surface area contributed by atoms with Gasteiger partial charge >= 0.3 is 11.9 Å². The summed E-state index contributed by atoms with van der Waals surface area (Å²) >= 11 is 5.95. The summed E-state index contributed by atoms with van der Waals surface area (Å²) in [5, 5.41) is 48.0. The predicted octanol–water partition coefficient (Wildman–Crippen LogP) is 8.56. The molecule has 15 nitrogen and oxygen atoms in total. The number of nitrogens with zero attached hydrogens (tertiary/aromatic N) is 1. The Balaban J connectivity index is 0.987. The molecule has 2 fully saturated rings. The highest BCUT2D eigenvalue weighted by Gasteiger charge is 2.56. The molecule has 3 aromatic carbocycles. The molecular formula is C60H78ClNO14. The molecule has 1 saturated heterocycles. The number of ether oxygens (including phenoxy) is 7. The van der Waals surface area contributed by atoms with Crippen LogP contribution in [0.1, 0.15) is 91.7 Å². The van der Waals surface area contributed by atoms with E-state index >= 15 is 0 Å². The van der Waals surface area contributed by atoms with Crippen LogP contribution >= 0.6 is 11.6 Å². The van der Waals surface area contributed by atoms with Gasteiger partial charge in [0.2, 0.25) is 5.91 Å². The van der Waals surface area contributed by atoms with E-state index in [1.807, 2.05) is 126 Å². The van der Waals surface area contributed by atoms with Gasteiger partial charge in [-0.2, -0.15) is 0 Å². The lowest BCUT2D eigenvalue weighted by molar-refractivity contribution is -0.320. The summed E-state index contributed by atoms with van der Waals surface area (Å²) in [6.07, 6.45) is -0.174. The Morgan fingerprint density at radius 1 is 0.895 bits per heavy atom. The van der Waals surface area contributed by atoms with E-state index in [2.05, 4.69) is 6.08 Å². The summed E-state index contributed by atoms with van der Waals surface area (Å²) in [4.78, 5) is 38.8. The number of amides is 1. The van der Waals surface area contributed by atoms with Crippen molar-refractivity contribution in [2.24, 2.45) is 29.1 Å². The smallest absolute Gasteiger partial charge is 0.303 e. The lowest BCUT2D eigenvalue weighted by atomic mass is 9.68. The van der Waals surface area contributed by atoms with Crippen molar-refractivity contribution in [3.05, 3.63) is 125 Å². The molecule has 16 heteroatoms. The first-order chi connectivity index (χ1) is 36.2. The van der Waals surface area contributed by atoms with Crippen LogP contribution in [0.15, 0.2) is 114 Å². The van der Waals surface area contributed by atoms with Gasteiger partial charge in [0.1, 0.15) is 41.8 Å². The molecular weight excluding hydrogens is 994 g/mol. The fourth-order valence-corrected chi connectivity index (χ4v) is 11.5. The zero-order chi connectivity index (χ0) is 54.9. The van der Waals surface area contributed by atoms with Crippen LogP contribution in [0.4, 0.5) is 5.69 Å². The van der Waals surface area contributed by atoms with Crippen LogP contribution in [-0.4, -0.2) is 126 Å². The van der Waals surface area contributed by atoms with Crippen molar-refractivity contribution >= 4 is 35.1 Å². The van der Waals surface area contributed by atoms with E-state index < -0.39 is 72.0 Å². The van der Waals surface area contributed by atoms with Gasteiger partial charge in [-0.3, -0.25) is 14.4 Å². The maximum Gasteiger partial charge on any atom is 0.303 e. The van der Waals surface area contributed by atoms with Crippen molar-refractivity contribution in [2.45, 2.75) is 148 Å². The third-order valence-electron chi connectivity index (χ3n) is 15.6. The number of hydrogen-bond donors (Lipinski definition) is 4. The monoisotopic (exact) mass is 1070 g/mol. The van der Waals surface area contributed by atoms with Gasteiger partial charge in [0.25, 0.3) is 0 Å². The average molecular weight is 1070 g/mol. The highest BCUT2D eigenvalue weighted by molar-refractivity contribution is 6.29. The van der Waals surface area contributed by atoms with Gasteiger partial charge in [0.15, 0.2) is 12.4 Å². The minimum absolute atomic E-state index is 0.0359. The van der Waals surface area contributed by atoms with Crippen LogP contribution in [-0.2, 0) is 55.8 Å². The first-order valence-corrected chi connectivity index (χ1v) is 27.1. The Morgan fingerprint density at radius 3 is 2.22 bits per heavy atom. The van der Waals surface area contributed by atoms with Crippen molar-refractivity contribution in [3.63, 3.8) is 0 Å². The third-order valence-corrected chi connectivity index (χ3v) is 15.8. The lowest BCUT2D eigenvalue weighted by Crippen LogP contribution is -2.62. The first kappa shape index (κ1) is 58.7. The van der Waals surface area contributed by atoms with E-state index in [-0.39, 0.29) is 55.1 Å². The maximum absolute atomic E-state index is 12.7. The number of halogens is 1. The van der Waals surface area contributed by atoms with Gasteiger partial charge in [0.05, 0.1) is 44.2 Å². The molecule has 1 aliphatic heterocycles. The zero-order valence-corrected chi connectivity index (χ0v) is 45.9. The second-order valence-electron chi connectivity index (χ2n) is 21.7. The standard InChI is InChI=1S/C60H78ClNO14/c1-36(33-71-38(3)63)47-29-50(65)60(7)30-48-42(34-70-8)20-27-46(48)37(2)53(67)56(52(47)60)76-58-55(69)57(73-39(4)64)54(68)49(75-58)35-72-59(5,6)28-14-10-13-15-40-18-23-44(24-19-40)74-45-25-21-43(22-26-45)62(51(66)31-61)32-41-16-11-9-12-17-41/h9,11-12,14,16-19,21-26,28,30,36-37,42,46,49-50,53-58,65,67-69H,10,13,15,20,27,29,31-35H2,1-8H3/b28-14+,48-30-/t36-,37-,42-,46+,49?,50+,53-,54?,55?,56-,57?,58?,60+/m1/s1. The Kier molecular flexibility index (Phi) is 20.2. The minimum Gasteiger partial charge on any atom is -0.465 e. The quantitative estimate of drug-likeness (QED) is 0.0323. The van der Waals surface area contributed by atoms with Crippen LogP contribution in [0.25, 0.3) is 0 Å². The molecule has 1 heterocycles. The van der Waals surface area contributed by atoms with E-state index in [1.165, 1.54) is 13.8 Å². The molecule has 1 amide bonds. The number of unbranched alkanes of at least 4 members (excludes halogenated alkanes) is 1. The van der Waals surface area contributed by atoms with Crippen molar-refractivity contribution < 1.29 is 68.0 Å². The van der Waals surface area contributed by atoms with Crippen LogP contribution in [0.5, 0.6) is 11.5 Å². The summed E-state index contributed by atoms with van der Waals surface area (Å²) in [5.41, 5.74) is 3.46. The fraction of sp³-hybridized carbons (Fsp3) is 0.550. The largest absolute Gasteiger partial charge is 0.465 e. The van der Waals surface area contributed by atoms with Gasteiger partial charge in [-0.15, -0.1) is 11.6 Å². The Hall–Kier alpha value is -4.94. The number of aryl methyl sites for hydroxylation is 1. The highest BCUT2D eigenvalue weighted by Crippen LogP contribution is 2.56. The number of carbonyl (C=O) groups excluding carboxylic acids is 3. The predicted molar refractivity (Wildman–Crippen MR) is 287 cm³/mol. The van der Waals surface area contributed by atoms with Gasteiger partial charge in [-0.1, -0.05) is 85.7 Å². The van der Waals surface area contributed by atoms with Gasteiger partial charge in [-0.05, 0) is 124 Å². The topological polar surface area (TPSA) is 200 Å². The van der Waals surface area contributed by atoms with Gasteiger partial charge < -0.3 is 58.5 Å². The molecule has 1 saturated carbocycles. The second-order valence-corrected chi connectivity index (χ2v) is 21.9. The van der Waals surface area contributed by atoms with E-state index in [0.717, 1.165) is 60.1 Å². The number of aliphatic hydroxyl groups excluding tert-OH is 4. The number of carbonyl (C=O) groups is 3. The first-order valence-electron chi connectivity index (χ1n) is 26.6. The number of methoxy groups -OCH3 is 1. The molecule has 0 spiro atoms. The van der Waals surface area contributed by atoms with Crippen molar-refractivity contribution in [1.29, 1.82) is 0 Å². The summed E-state index contributed by atoms with van der Waals surface area (Å²) < 4.78 is 42.3. The van der Waals surface area contributed by atoms with E-state index in [4.69, 9.17) is 44.8 Å². The van der Waals surface area contributed by atoms with E-state index in [0.29, 0.717) is 30.2 Å². The fourth-order valence-electron chi connectivity index (χ4n) is 11.4. The van der Waals surface area contributed by atoms with Crippen molar-refractivity contribution in [3.8, 4) is 11.5 Å². The molecule has 0 aromatic heterocycles. The molecule has 0 bridgehead atoms. The number of aliphatic hydroxyl groups is 4. The molecule has 76 heavy (non-hydrogen) atoms. The summed E-state index contributed by atoms with van der Waals surface area (Å²) in [5.74, 6) is -0.867. The molecule has 3 aliphatic carbocycles. The van der Waals surface area contributed by atoms with E-state index in [1.54, 1.807) is 12.0 Å². The van der Waals surface area contributed by atoms with Crippen LogP contribution < -0.4 is 9.64 Å². The van der Waals surface area contributed by atoms with E-state index in [9.17, 15) is 34.8 Å². The minimum atomic E-state index is -1.68. The summed E-state index contributed by atoms with van der Waals surface area (Å²) in [7, 11) is 1.67. The Morgan fingerprint density at radius 2 is 1.58 bits per heavy atom. The van der Waals surface area contributed by atoms with Crippen molar-refractivity contribution in [1.82, 2.24) is 0 Å². The zero-order valence-electron chi connectivity index (χ0n) is 45.1. The molecule has 13 atom stereocenters. The molecule has 414 valence electrons. The van der Waals surface area contributed by atoms with Crippen LogP contribution in [0, 0.1) is 29.1 Å². The molecule has 4 aliphatic rings.